The highest BCUT2D eigenvalue weighted by Gasteiger charge is 2.13. The van der Waals surface area contributed by atoms with Gasteiger partial charge in [-0.25, -0.2) is 0 Å². The highest BCUT2D eigenvalue weighted by Crippen LogP contribution is 2.22. The molecule has 30 heavy (non-hydrogen) atoms. The molecule has 0 saturated carbocycles. The topological polar surface area (TPSA) is 62.5 Å². The molecule has 1 amide bonds. The molecule has 0 atom stereocenters. The molecule has 0 aliphatic rings. The maximum atomic E-state index is 12.4. The second-order valence-electron chi connectivity index (χ2n) is 7.15. The van der Waals surface area contributed by atoms with E-state index in [4.69, 9.17) is 0 Å². The minimum Gasteiger partial charge on any atom is -0.503 e. The fraction of sp³-hybridized carbons (Fsp3) is 0.360. The number of carbonyl (C=O) groups excluding carboxylic acids is 1. The summed E-state index contributed by atoms with van der Waals surface area (Å²) < 4.78 is 1.79. The van der Waals surface area contributed by atoms with Crippen molar-refractivity contribution >= 4 is 11.5 Å². The number of hydrogen-bond acceptors (Lipinski definition) is 3. The van der Waals surface area contributed by atoms with E-state index in [1.165, 1.54) is 12.3 Å². The molecule has 1 aromatic carbocycles. The van der Waals surface area contributed by atoms with Gasteiger partial charge in [0.05, 0.1) is 6.20 Å². The molecular weight excluding hydrogens is 376 g/mol. The molecule has 2 rings (SSSR count). The third-order valence-corrected chi connectivity index (χ3v) is 5.15. The van der Waals surface area contributed by atoms with E-state index in [1.54, 1.807) is 9.47 Å². The molecule has 0 bridgehead atoms. The molecule has 1 N–H and O–H groups in total. The van der Waals surface area contributed by atoms with Crippen LogP contribution in [0.4, 0.5) is 0 Å². The summed E-state index contributed by atoms with van der Waals surface area (Å²) in [6.07, 6.45) is 8.15. The van der Waals surface area contributed by atoms with Crippen molar-refractivity contribution in [2.24, 2.45) is 0 Å². The number of aromatic nitrogens is 1. The third kappa shape index (κ3) is 5.72. The first kappa shape index (κ1) is 23.2. The van der Waals surface area contributed by atoms with Crippen LogP contribution in [0.25, 0.3) is 11.3 Å². The van der Waals surface area contributed by atoms with Gasteiger partial charge in [-0.05, 0) is 50.0 Å². The first-order chi connectivity index (χ1) is 14.4. The van der Waals surface area contributed by atoms with Crippen molar-refractivity contribution in [3.63, 3.8) is 0 Å². The third-order valence-electron chi connectivity index (χ3n) is 5.15. The van der Waals surface area contributed by atoms with Crippen molar-refractivity contribution in [3.8, 4) is 11.4 Å². The van der Waals surface area contributed by atoms with E-state index in [2.05, 4.69) is 19.6 Å². The molecule has 1 aromatic heterocycles. The Labute approximate surface area is 179 Å². The molecule has 5 nitrogen and oxygen atoms in total. The number of hydrogen-bond donors (Lipinski definition) is 1. The molecule has 1 heterocycles. The Kier molecular flexibility index (Phi) is 8.66. The Morgan fingerprint density at radius 3 is 2.57 bits per heavy atom. The minimum atomic E-state index is -0.442. The lowest BCUT2D eigenvalue weighted by Gasteiger charge is -2.20. The van der Waals surface area contributed by atoms with Crippen LogP contribution in [0.1, 0.15) is 51.3 Å². The zero-order chi connectivity index (χ0) is 22.1. The number of unbranched alkanes of at least 4 members (excludes halogenated alkanes) is 1. The molecule has 0 saturated heterocycles. The van der Waals surface area contributed by atoms with Gasteiger partial charge in [-0.15, -0.1) is 0 Å². The SMILES string of the molecule is C=C/C(=C\CCC)c1cccc(-n2cc(O)c(=O)cc2CCC(=O)N(CC)CC)c1. The van der Waals surface area contributed by atoms with E-state index in [0.717, 1.165) is 29.7 Å². The number of aryl methyl sites for hydroxylation is 1. The van der Waals surface area contributed by atoms with E-state index in [0.29, 0.717) is 31.6 Å². The Morgan fingerprint density at radius 2 is 1.93 bits per heavy atom. The summed E-state index contributed by atoms with van der Waals surface area (Å²) in [6, 6.07) is 9.29. The molecule has 0 unspecified atom stereocenters. The van der Waals surface area contributed by atoms with Gasteiger partial charge in [-0.3, -0.25) is 9.59 Å². The number of pyridine rings is 1. The number of amides is 1. The van der Waals surface area contributed by atoms with Gasteiger partial charge in [0.2, 0.25) is 11.3 Å². The van der Waals surface area contributed by atoms with Crippen molar-refractivity contribution in [1.29, 1.82) is 0 Å². The van der Waals surface area contributed by atoms with Crippen LogP contribution >= 0.6 is 0 Å². The number of allylic oxidation sites excluding steroid dienone is 3. The zero-order valence-electron chi connectivity index (χ0n) is 18.2. The van der Waals surface area contributed by atoms with Gasteiger partial charge in [-0.2, -0.15) is 0 Å². The van der Waals surface area contributed by atoms with Crippen LogP contribution in [-0.4, -0.2) is 33.6 Å². The monoisotopic (exact) mass is 408 g/mol. The molecule has 0 aliphatic carbocycles. The lowest BCUT2D eigenvalue weighted by atomic mass is 10.0. The van der Waals surface area contributed by atoms with Crippen LogP contribution in [-0.2, 0) is 11.2 Å². The van der Waals surface area contributed by atoms with Crippen LogP contribution in [0, 0.1) is 0 Å². The summed E-state index contributed by atoms with van der Waals surface area (Å²) >= 11 is 0. The summed E-state index contributed by atoms with van der Waals surface area (Å²) in [5.41, 5.74) is 3.12. The maximum absolute atomic E-state index is 12.4. The second kappa shape index (κ2) is 11.2. The second-order valence-corrected chi connectivity index (χ2v) is 7.15. The summed E-state index contributed by atoms with van der Waals surface area (Å²) in [5.74, 6) is -0.262. The number of rotatable bonds is 10. The van der Waals surface area contributed by atoms with E-state index in [9.17, 15) is 14.7 Å². The number of carbonyl (C=O) groups is 1. The number of benzene rings is 1. The maximum Gasteiger partial charge on any atom is 0.223 e. The lowest BCUT2D eigenvalue weighted by Crippen LogP contribution is -2.30. The Hall–Kier alpha value is -3.08. The number of nitrogens with zero attached hydrogens (tertiary/aromatic N) is 2. The van der Waals surface area contributed by atoms with Crippen molar-refractivity contribution in [2.45, 2.75) is 46.5 Å². The Morgan fingerprint density at radius 1 is 1.20 bits per heavy atom. The molecule has 160 valence electrons. The van der Waals surface area contributed by atoms with Gasteiger partial charge in [0.15, 0.2) is 5.75 Å². The fourth-order valence-electron chi connectivity index (χ4n) is 3.42. The summed E-state index contributed by atoms with van der Waals surface area (Å²) in [4.78, 5) is 26.3. The molecule has 0 radical (unpaired) electrons. The molecular formula is C25H32N2O3. The van der Waals surface area contributed by atoms with Gasteiger partial charge >= 0.3 is 0 Å². The van der Waals surface area contributed by atoms with Gasteiger partial charge in [0.25, 0.3) is 0 Å². The van der Waals surface area contributed by atoms with Crippen molar-refractivity contribution in [1.82, 2.24) is 9.47 Å². The fourth-order valence-corrected chi connectivity index (χ4v) is 3.42. The van der Waals surface area contributed by atoms with Crippen LogP contribution in [0.5, 0.6) is 5.75 Å². The predicted octanol–water partition coefficient (Wildman–Crippen LogP) is 4.71. The summed E-state index contributed by atoms with van der Waals surface area (Å²) in [7, 11) is 0. The van der Waals surface area contributed by atoms with Gasteiger partial charge in [0, 0.05) is 37.0 Å². The highest BCUT2D eigenvalue weighted by molar-refractivity contribution is 5.76. The minimum absolute atomic E-state index is 0.0530. The van der Waals surface area contributed by atoms with E-state index >= 15 is 0 Å². The van der Waals surface area contributed by atoms with Crippen molar-refractivity contribution < 1.29 is 9.90 Å². The van der Waals surface area contributed by atoms with Gasteiger partial charge in [0.1, 0.15) is 0 Å². The van der Waals surface area contributed by atoms with Crippen molar-refractivity contribution in [2.75, 3.05) is 13.1 Å². The van der Waals surface area contributed by atoms with Crippen LogP contribution in [0.2, 0.25) is 0 Å². The van der Waals surface area contributed by atoms with Crippen molar-refractivity contribution in [3.05, 3.63) is 76.7 Å². The van der Waals surface area contributed by atoms with E-state index < -0.39 is 5.43 Å². The van der Waals surface area contributed by atoms with E-state index in [1.807, 2.05) is 44.2 Å². The van der Waals surface area contributed by atoms with E-state index in [-0.39, 0.29) is 11.7 Å². The average molecular weight is 409 g/mol. The van der Waals surface area contributed by atoms with Crippen LogP contribution < -0.4 is 5.43 Å². The first-order valence-electron chi connectivity index (χ1n) is 10.6. The smallest absolute Gasteiger partial charge is 0.223 e. The Balaban J connectivity index is 2.43. The quantitative estimate of drug-likeness (QED) is 0.579. The van der Waals surface area contributed by atoms with Crippen LogP contribution in [0.15, 0.2) is 60.1 Å². The molecule has 2 aromatic rings. The summed E-state index contributed by atoms with van der Waals surface area (Å²) in [6.45, 7) is 11.3. The molecule has 0 spiro atoms. The standard InChI is InChI=1S/C25H32N2O3/c1-5-9-11-19(6-2)20-12-10-13-21(16-20)27-18-24(29)23(28)17-22(27)14-15-25(30)26(7-3)8-4/h6,10-13,16-18,29H,2,5,7-9,14-15H2,1,3-4H3/b19-11+. The van der Waals surface area contributed by atoms with Crippen LogP contribution in [0.3, 0.4) is 0 Å². The predicted molar refractivity (Wildman–Crippen MR) is 123 cm³/mol. The molecule has 5 heteroatoms. The molecule has 0 aliphatic heterocycles. The normalized spacial score (nSPS) is 11.4. The van der Waals surface area contributed by atoms with Gasteiger partial charge in [-0.1, -0.05) is 44.2 Å². The highest BCUT2D eigenvalue weighted by atomic mass is 16.3. The van der Waals surface area contributed by atoms with Gasteiger partial charge < -0.3 is 14.6 Å². The average Bonchev–Trinajstić information content (AvgIpc) is 2.76. The lowest BCUT2D eigenvalue weighted by molar-refractivity contribution is -0.130. The zero-order valence-corrected chi connectivity index (χ0v) is 18.2. The molecule has 0 fully saturated rings. The first-order valence-corrected chi connectivity index (χ1v) is 10.6. The summed E-state index contributed by atoms with van der Waals surface area (Å²) in [5, 5.41) is 10.0. The number of aromatic hydroxyl groups is 1. The largest absolute Gasteiger partial charge is 0.503 e. The Bertz CT molecular complexity index is 969.